The molecule has 0 saturated carbocycles. The predicted molar refractivity (Wildman–Crippen MR) is 125 cm³/mol. The third kappa shape index (κ3) is 6.27. The normalized spacial score (nSPS) is 17.0. The molecule has 1 fully saturated rings. The summed E-state index contributed by atoms with van der Waals surface area (Å²) in [5, 5.41) is 12.6. The van der Waals surface area contributed by atoms with Crippen molar-refractivity contribution >= 4 is 11.7 Å². The van der Waals surface area contributed by atoms with Gasteiger partial charge in [-0.3, -0.25) is 14.5 Å². The van der Waals surface area contributed by atoms with Gasteiger partial charge in [-0.2, -0.15) is 0 Å². The van der Waals surface area contributed by atoms with Crippen molar-refractivity contribution in [2.75, 3.05) is 13.1 Å². The van der Waals surface area contributed by atoms with Crippen molar-refractivity contribution in [3.8, 4) is 0 Å². The quantitative estimate of drug-likeness (QED) is 0.620. The molecule has 32 heavy (non-hydrogen) atoms. The minimum absolute atomic E-state index is 0.0445. The Balaban J connectivity index is 1.19. The van der Waals surface area contributed by atoms with Crippen LogP contribution in [-0.4, -0.2) is 40.9 Å². The fourth-order valence-corrected chi connectivity index (χ4v) is 4.67. The Labute approximate surface area is 190 Å². The number of nitrogens with zero attached hydrogens (tertiary/aromatic N) is 1. The molecule has 2 N–H and O–H groups in total. The molecule has 0 atom stereocenters. The number of aliphatic hydroxyl groups is 1. The van der Waals surface area contributed by atoms with Gasteiger partial charge in [0.05, 0.1) is 6.10 Å². The molecule has 2 aromatic rings. The first-order valence-corrected chi connectivity index (χ1v) is 12.0. The highest BCUT2D eigenvalue weighted by Gasteiger charge is 2.17. The summed E-state index contributed by atoms with van der Waals surface area (Å²) in [4.78, 5) is 27.1. The molecule has 0 aromatic heterocycles. The lowest BCUT2D eigenvalue weighted by molar-refractivity contribution is -0.121. The number of piperidine rings is 1. The molecule has 1 heterocycles. The zero-order valence-corrected chi connectivity index (χ0v) is 18.8. The van der Waals surface area contributed by atoms with Gasteiger partial charge >= 0.3 is 0 Å². The van der Waals surface area contributed by atoms with Crippen LogP contribution in [0.5, 0.6) is 0 Å². The molecule has 2 aliphatic rings. The summed E-state index contributed by atoms with van der Waals surface area (Å²) in [6, 6.07) is 14.3. The average Bonchev–Trinajstić information content (AvgIpc) is 2.83. The van der Waals surface area contributed by atoms with Gasteiger partial charge in [0.2, 0.25) is 5.91 Å². The number of carbonyl (C=O) groups excluding carboxylic acids is 2. The molecule has 0 unspecified atom stereocenters. The highest BCUT2D eigenvalue weighted by molar-refractivity contribution is 5.98. The molecule has 5 heteroatoms. The molecular weight excluding hydrogens is 400 g/mol. The lowest BCUT2D eigenvalue weighted by atomic mass is 9.89. The van der Waals surface area contributed by atoms with Gasteiger partial charge in [-0.1, -0.05) is 36.4 Å². The first-order chi connectivity index (χ1) is 15.6. The van der Waals surface area contributed by atoms with E-state index in [1.165, 1.54) is 29.5 Å². The number of hydrogen-bond donors (Lipinski definition) is 2. The fourth-order valence-electron chi connectivity index (χ4n) is 4.67. The fraction of sp³-hybridized carbons (Fsp3) is 0.481. The number of likely N-dealkylation sites (tertiary alicyclic amines) is 1. The van der Waals surface area contributed by atoms with Crippen LogP contribution in [-0.2, 0) is 30.7 Å². The molecule has 1 saturated heterocycles. The Morgan fingerprint density at radius 2 is 1.59 bits per heavy atom. The van der Waals surface area contributed by atoms with E-state index in [0.29, 0.717) is 6.54 Å². The highest BCUT2D eigenvalue weighted by atomic mass is 16.3. The number of amides is 1. The molecule has 0 bridgehead atoms. The molecule has 2 aromatic carbocycles. The van der Waals surface area contributed by atoms with Crippen molar-refractivity contribution in [1.82, 2.24) is 10.2 Å². The predicted octanol–water partition coefficient (Wildman–Crippen LogP) is 3.80. The van der Waals surface area contributed by atoms with Gasteiger partial charge in [0.25, 0.3) is 0 Å². The number of aryl methyl sites for hydroxylation is 2. The molecular formula is C27H34N2O3. The number of hydrogen-bond acceptors (Lipinski definition) is 4. The van der Waals surface area contributed by atoms with Gasteiger partial charge < -0.3 is 10.4 Å². The second-order valence-electron chi connectivity index (χ2n) is 9.21. The minimum Gasteiger partial charge on any atom is -0.393 e. The first-order valence-electron chi connectivity index (χ1n) is 12.0. The van der Waals surface area contributed by atoms with Crippen molar-refractivity contribution in [2.24, 2.45) is 0 Å². The van der Waals surface area contributed by atoms with E-state index in [4.69, 9.17) is 0 Å². The summed E-state index contributed by atoms with van der Waals surface area (Å²) in [5.74, 6) is -0.0460. The van der Waals surface area contributed by atoms with Crippen LogP contribution < -0.4 is 5.32 Å². The number of benzene rings is 2. The van der Waals surface area contributed by atoms with E-state index in [2.05, 4.69) is 28.4 Å². The maximum absolute atomic E-state index is 12.5. The van der Waals surface area contributed by atoms with E-state index in [0.717, 1.165) is 56.4 Å². The third-order valence-electron chi connectivity index (χ3n) is 6.73. The van der Waals surface area contributed by atoms with E-state index in [1.54, 1.807) is 0 Å². The summed E-state index contributed by atoms with van der Waals surface area (Å²) in [7, 11) is 0. The second kappa shape index (κ2) is 10.9. The molecule has 1 aliphatic carbocycles. The van der Waals surface area contributed by atoms with Gasteiger partial charge in [0.1, 0.15) is 0 Å². The van der Waals surface area contributed by atoms with E-state index >= 15 is 0 Å². The first kappa shape index (κ1) is 22.7. The Hall–Kier alpha value is -2.50. The molecule has 170 valence electrons. The van der Waals surface area contributed by atoms with Gasteiger partial charge in [-0.15, -0.1) is 0 Å². The van der Waals surface area contributed by atoms with Crippen LogP contribution in [0.1, 0.15) is 71.1 Å². The van der Waals surface area contributed by atoms with E-state index in [9.17, 15) is 14.7 Å². The van der Waals surface area contributed by atoms with Crippen LogP contribution in [0.15, 0.2) is 42.5 Å². The van der Waals surface area contributed by atoms with Crippen LogP contribution in [0, 0.1) is 0 Å². The van der Waals surface area contributed by atoms with E-state index in [-0.39, 0.29) is 30.6 Å². The van der Waals surface area contributed by atoms with Crippen LogP contribution in [0.2, 0.25) is 0 Å². The molecule has 1 aliphatic heterocycles. The number of fused-ring (bicyclic) bond motifs is 1. The smallest absolute Gasteiger partial charge is 0.220 e. The Bertz CT molecular complexity index is 930. The van der Waals surface area contributed by atoms with Gasteiger partial charge in [-0.05, 0) is 66.8 Å². The largest absolute Gasteiger partial charge is 0.393 e. The Morgan fingerprint density at radius 3 is 2.34 bits per heavy atom. The van der Waals surface area contributed by atoms with Crippen molar-refractivity contribution in [2.45, 2.75) is 70.6 Å². The summed E-state index contributed by atoms with van der Waals surface area (Å²) in [6.45, 7) is 3.23. The third-order valence-corrected chi connectivity index (χ3v) is 6.73. The maximum atomic E-state index is 12.5. The Morgan fingerprint density at radius 1 is 0.906 bits per heavy atom. The zero-order valence-electron chi connectivity index (χ0n) is 18.8. The number of aliphatic hydroxyl groups excluding tert-OH is 1. The minimum atomic E-state index is -0.148. The van der Waals surface area contributed by atoms with E-state index in [1.807, 2.05) is 24.3 Å². The van der Waals surface area contributed by atoms with Gasteiger partial charge in [0, 0.05) is 44.6 Å². The topological polar surface area (TPSA) is 69.6 Å². The van der Waals surface area contributed by atoms with Crippen molar-refractivity contribution in [1.29, 1.82) is 0 Å². The lowest BCUT2D eigenvalue weighted by Gasteiger charge is -2.29. The number of carbonyl (C=O) groups is 2. The molecule has 0 radical (unpaired) electrons. The molecule has 5 nitrogen and oxygen atoms in total. The second-order valence-corrected chi connectivity index (χ2v) is 9.21. The van der Waals surface area contributed by atoms with Crippen LogP contribution in [0.4, 0.5) is 0 Å². The Kier molecular flexibility index (Phi) is 7.72. The maximum Gasteiger partial charge on any atom is 0.220 e. The lowest BCUT2D eigenvalue weighted by Crippen LogP contribution is -2.35. The molecule has 1 amide bonds. The molecule has 0 spiro atoms. The number of rotatable bonds is 8. The summed E-state index contributed by atoms with van der Waals surface area (Å²) in [5.41, 5.74) is 5.70. The van der Waals surface area contributed by atoms with Crippen LogP contribution in [0.25, 0.3) is 0 Å². The zero-order chi connectivity index (χ0) is 22.3. The number of nitrogens with one attached hydrogen (secondary N) is 1. The van der Waals surface area contributed by atoms with Crippen LogP contribution >= 0.6 is 0 Å². The van der Waals surface area contributed by atoms with Crippen molar-refractivity contribution in [3.05, 3.63) is 70.3 Å². The standard InChI is InChI=1S/C27H34N2O3/c30-25-13-15-29(16-14-25)19-21-7-5-20(6-8-21)18-28-27(32)12-11-26(31)24-10-9-22-3-1-2-4-23(22)17-24/h5-10,17,25,30H,1-4,11-16,18-19H2,(H,28,32). The highest BCUT2D eigenvalue weighted by Crippen LogP contribution is 2.23. The van der Waals surface area contributed by atoms with Crippen molar-refractivity contribution < 1.29 is 14.7 Å². The number of ketones is 1. The summed E-state index contributed by atoms with van der Waals surface area (Å²) in [6.07, 6.45) is 6.59. The summed E-state index contributed by atoms with van der Waals surface area (Å²) >= 11 is 0. The molecule has 4 rings (SSSR count). The van der Waals surface area contributed by atoms with Crippen LogP contribution in [0.3, 0.4) is 0 Å². The summed E-state index contributed by atoms with van der Waals surface area (Å²) < 4.78 is 0. The monoisotopic (exact) mass is 434 g/mol. The van der Waals surface area contributed by atoms with Crippen molar-refractivity contribution in [3.63, 3.8) is 0 Å². The average molecular weight is 435 g/mol. The van der Waals surface area contributed by atoms with Gasteiger partial charge in [-0.25, -0.2) is 0 Å². The van der Waals surface area contributed by atoms with E-state index < -0.39 is 0 Å². The number of Topliss-reactive ketones (excluding diaryl/α,β-unsaturated/α-hetero) is 1. The van der Waals surface area contributed by atoms with Gasteiger partial charge in [0.15, 0.2) is 5.78 Å². The SMILES string of the molecule is O=C(CCC(=O)c1ccc2c(c1)CCCC2)NCc1ccc(CN2CCC(O)CC2)cc1.